The maximum atomic E-state index is 13.8. The van der Waals surface area contributed by atoms with Crippen LogP contribution in [-0.4, -0.2) is 102 Å². The smallest absolute Gasteiger partial charge is 0.407 e. The van der Waals surface area contributed by atoms with Gasteiger partial charge in [0.05, 0.1) is 30.6 Å². The van der Waals surface area contributed by atoms with E-state index >= 15 is 0 Å². The predicted octanol–water partition coefficient (Wildman–Crippen LogP) is 6.21. The molecule has 4 N–H and O–H groups in total. The molecule has 2 saturated carbocycles. The highest BCUT2D eigenvalue weighted by Crippen LogP contribution is 2.54. The van der Waals surface area contributed by atoms with Crippen LogP contribution in [0.2, 0.25) is 0 Å². The highest BCUT2D eigenvalue weighted by molar-refractivity contribution is 5.88. The molecule has 2 aliphatic carbocycles. The van der Waals surface area contributed by atoms with Gasteiger partial charge in [0.15, 0.2) is 0 Å². The average Bonchev–Trinajstić information content (AvgIpc) is 3.79. The largest absolute Gasteiger partial charge is 0.465 e. The monoisotopic (exact) mass is 786 g/mol. The molecule has 2 aromatic heterocycles. The van der Waals surface area contributed by atoms with E-state index < -0.39 is 24.3 Å². The molecule has 58 heavy (non-hydrogen) atoms. The lowest BCUT2D eigenvalue weighted by Gasteiger charge is -2.35. The van der Waals surface area contributed by atoms with Gasteiger partial charge in [-0.25, -0.2) is 19.6 Å². The van der Waals surface area contributed by atoms with Crippen LogP contribution in [-0.2, 0) is 14.3 Å². The van der Waals surface area contributed by atoms with Crippen LogP contribution in [0.4, 0.5) is 9.59 Å². The number of methoxy groups -OCH3 is 1. The fraction of sp³-hybridized carbons (Fsp3) is 0.455. The van der Waals surface area contributed by atoms with E-state index in [4.69, 9.17) is 14.7 Å². The number of aromatic amines is 2. The summed E-state index contributed by atoms with van der Waals surface area (Å²) in [5.41, 5.74) is 5.10. The summed E-state index contributed by atoms with van der Waals surface area (Å²) in [6.45, 7) is 7.58. The molecule has 4 fully saturated rings. The number of aromatic nitrogens is 4. The third-order valence-electron chi connectivity index (χ3n) is 12.3. The quantitative estimate of drug-likeness (QED) is 0.137. The topological polar surface area (TPSA) is 177 Å². The Morgan fingerprint density at radius 3 is 1.64 bits per heavy atom. The van der Waals surface area contributed by atoms with E-state index in [2.05, 4.69) is 27.1 Å². The lowest BCUT2D eigenvalue weighted by atomic mass is 10.0. The second-order valence-corrected chi connectivity index (χ2v) is 16.8. The number of piperidine rings is 2. The third-order valence-corrected chi connectivity index (χ3v) is 12.3. The van der Waals surface area contributed by atoms with Crippen molar-refractivity contribution in [2.75, 3.05) is 14.2 Å². The molecule has 0 radical (unpaired) electrons. The van der Waals surface area contributed by atoms with Crippen molar-refractivity contribution in [2.24, 2.45) is 23.7 Å². The van der Waals surface area contributed by atoms with Gasteiger partial charge in [0.25, 0.3) is 0 Å². The molecule has 8 rings (SSSR count). The zero-order valence-electron chi connectivity index (χ0n) is 33.6. The molecule has 0 bridgehead atoms. The van der Waals surface area contributed by atoms with Crippen LogP contribution >= 0.6 is 0 Å². The number of alkyl carbamates (subject to hydrolysis) is 1. The number of nitrogens with one attached hydrogen (secondary N) is 3. The summed E-state index contributed by atoms with van der Waals surface area (Å²) in [5, 5.41) is 12.4. The van der Waals surface area contributed by atoms with E-state index in [0.29, 0.717) is 17.7 Å². The molecule has 0 spiro atoms. The first kappa shape index (κ1) is 38.8. The average molecular weight is 787 g/mol. The van der Waals surface area contributed by atoms with Crippen molar-refractivity contribution in [3.8, 4) is 34.4 Å². The van der Waals surface area contributed by atoms with Crippen LogP contribution in [0, 0.1) is 35.5 Å². The summed E-state index contributed by atoms with van der Waals surface area (Å²) in [6, 6.07) is 14.2. The fourth-order valence-electron chi connectivity index (χ4n) is 8.97. The number of carbonyl (C=O) groups excluding carboxylic acids is 3. The van der Waals surface area contributed by atoms with Gasteiger partial charge in [-0.15, -0.1) is 0 Å². The van der Waals surface area contributed by atoms with Crippen LogP contribution in [0.1, 0.15) is 88.2 Å². The van der Waals surface area contributed by atoms with E-state index in [9.17, 15) is 24.3 Å². The predicted molar refractivity (Wildman–Crippen MR) is 215 cm³/mol. The molecule has 14 heteroatoms. The van der Waals surface area contributed by atoms with Gasteiger partial charge >= 0.3 is 12.2 Å². The summed E-state index contributed by atoms with van der Waals surface area (Å²) in [4.78, 5) is 72.7. The number of hydrogen-bond donors (Lipinski definition) is 4. The normalized spacial score (nSPS) is 23.7. The van der Waals surface area contributed by atoms with Crippen molar-refractivity contribution in [2.45, 2.75) is 89.6 Å². The van der Waals surface area contributed by atoms with Crippen LogP contribution in [0.5, 0.6) is 0 Å². The molecule has 0 unspecified atom stereocenters. The van der Waals surface area contributed by atoms with Crippen molar-refractivity contribution in [1.29, 1.82) is 0 Å². The number of ether oxygens (including phenoxy) is 1. The minimum absolute atomic E-state index is 0.102. The number of carbonyl (C=O) groups is 4. The van der Waals surface area contributed by atoms with Gasteiger partial charge in [0.1, 0.15) is 23.7 Å². The minimum atomic E-state index is -1.12. The number of imidazole rings is 2. The number of nitrogens with zero attached hydrogens (tertiary/aromatic N) is 5. The maximum absolute atomic E-state index is 13.8. The number of likely N-dealkylation sites (tertiary alicyclic amines) is 2. The Bertz CT molecular complexity index is 2270. The first-order chi connectivity index (χ1) is 27.8. The molecule has 2 aliphatic heterocycles. The van der Waals surface area contributed by atoms with Crippen LogP contribution in [0.25, 0.3) is 22.5 Å². The van der Waals surface area contributed by atoms with Gasteiger partial charge in [0, 0.05) is 53.8 Å². The minimum Gasteiger partial charge on any atom is -0.465 e. The number of fused-ring (bicyclic) bond motifs is 2. The van der Waals surface area contributed by atoms with Gasteiger partial charge < -0.3 is 34.9 Å². The number of amides is 4. The summed E-state index contributed by atoms with van der Waals surface area (Å²) >= 11 is 0. The summed E-state index contributed by atoms with van der Waals surface area (Å²) in [6.07, 6.45) is 5.55. The SMILES string of the molecule is COC(=O)N[C@H](C(=O)N1[C@@H]2C[C@@H]2C[C@H]1c1nc(-c2ccc(C#Cc3ccc(-c4c[nH]c([C@@H]5C[C@H]6C[C@H]6N5C(=O)[C@H](C(C)C)N(C)C(=O)O)n4)cc3)cc2)c[nH]1)C(C)C. The standard InChI is InChI=1S/C44H50N8O6/c1-23(2)37(49-43(55)58-6)41(53)51-33-17-29(33)19-35(51)39-45-21-31(47-39)27-13-9-25(10-14-27)7-8-26-11-15-28(16-12-26)32-22-46-40(48-32)36-20-30-18-34(30)52(36)42(54)38(24(3)4)50(5)44(56)57/h9-16,21-24,29-30,33-38H,17-20H2,1-6H3,(H,45,47)(H,46,48)(H,49,55)(H,56,57)/t29-,30-,33-,34-,35+,36+,37+,38+/m1/s1. The molecule has 302 valence electrons. The number of hydrogen-bond acceptors (Lipinski definition) is 7. The molecule has 4 aliphatic rings. The lowest BCUT2D eigenvalue weighted by Crippen LogP contribution is -2.52. The van der Waals surface area contributed by atoms with Crippen LogP contribution in [0.3, 0.4) is 0 Å². The van der Waals surface area contributed by atoms with Gasteiger partial charge in [-0.3, -0.25) is 14.5 Å². The second-order valence-electron chi connectivity index (χ2n) is 16.8. The third kappa shape index (κ3) is 7.41. The summed E-state index contributed by atoms with van der Waals surface area (Å²) < 4.78 is 4.78. The molecule has 8 atom stereocenters. The maximum Gasteiger partial charge on any atom is 0.407 e. The van der Waals surface area contributed by atoms with Crippen molar-refractivity contribution in [3.05, 3.63) is 83.7 Å². The van der Waals surface area contributed by atoms with Crippen LogP contribution < -0.4 is 5.32 Å². The zero-order chi connectivity index (χ0) is 41.0. The van der Waals surface area contributed by atoms with E-state index in [1.807, 2.05) is 98.4 Å². The Labute approximate surface area is 337 Å². The molecule has 2 aromatic carbocycles. The first-order valence-corrected chi connectivity index (χ1v) is 20.1. The van der Waals surface area contributed by atoms with Gasteiger partial charge in [-0.2, -0.15) is 0 Å². The lowest BCUT2D eigenvalue weighted by molar-refractivity contribution is -0.140. The highest BCUT2D eigenvalue weighted by Gasteiger charge is 2.57. The Morgan fingerprint density at radius 1 is 0.759 bits per heavy atom. The molecule has 4 amide bonds. The van der Waals surface area contributed by atoms with Crippen molar-refractivity contribution in [1.82, 2.24) is 40.0 Å². The zero-order valence-corrected chi connectivity index (χ0v) is 33.6. The number of rotatable bonds is 10. The summed E-state index contributed by atoms with van der Waals surface area (Å²) in [5.74, 6) is 8.27. The van der Waals surface area contributed by atoms with E-state index in [1.54, 1.807) is 0 Å². The molecule has 2 saturated heterocycles. The number of carboxylic acid groups (broad SMARTS) is 1. The summed E-state index contributed by atoms with van der Waals surface area (Å²) in [7, 11) is 2.76. The molecular formula is C44H50N8O6. The highest BCUT2D eigenvalue weighted by atomic mass is 16.5. The molecule has 4 heterocycles. The molecular weight excluding hydrogens is 737 g/mol. The Morgan fingerprint density at radius 2 is 1.22 bits per heavy atom. The Kier molecular flexibility index (Phi) is 10.3. The van der Waals surface area contributed by atoms with Crippen molar-refractivity contribution >= 4 is 24.0 Å². The van der Waals surface area contributed by atoms with Crippen molar-refractivity contribution < 1.29 is 29.0 Å². The van der Waals surface area contributed by atoms with Crippen LogP contribution in [0.15, 0.2) is 60.9 Å². The van der Waals surface area contributed by atoms with E-state index in [1.165, 1.54) is 14.2 Å². The Balaban J connectivity index is 0.908. The molecule has 4 aromatic rings. The molecule has 14 nitrogen and oxygen atoms in total. The first-order valence-electron chi connectivity index (χ1n) is 20.1. The van der Waals surface area contributed by atoms with Gasteiger partial charge in [-0.05, 0) is 73.6 Å². The number of likely N-dealkylation sites (N-methyl/N-ethyl adjacent to an activating group) is 1. The van der Waals surface area contributed by atoms with Gasteiger partial charge in [0.2, 0.25) is 11.8 Å². The number of benzene rings is 2. The van der Waals surface area contributed by atoms with E-state index in [-0.39, 0.29) is 47.8 Å². The van der Waals surface area contributed by atoms with E-state index in [0.717, 1.165) is 70.0 Å². The fourth-order valence-corrected chi connectivity index (χ4v) is 8.97. The van der Waals surface area contributed by atoms with Gasteiger partial charge in [-0.1, -0.05) is 63.8 Å². The second kappa shape index (κ2) is 15.3. The Hall–Kier alpha value is -6.10. The van der Waals surface area contributed by atoms with Crippen molar-refractivity contribution in [3.63, 3.8) is 0 Å². The number of H-pyrrole nitrogens is 2.